The predicted molar refractivity (Wildman–Crippen MR) is 131 cm³/mol. The monoisotopic (exact) mass is 462 g/mol. The SMILES string of the molecule is CCc1c(C#N)c(SCc2ccc(CNC(C)=O)cc2)nc(N2CCCN(C)CC2)c1C#N. The molecule has 172 valence electrons. The molecule has 8 heteroatoms. The molecule has 0 aliphatic carbocycles. The standard InChI is InChI=1S/C25H30N6OS/c1-4-21-22(14-26)24(31-11-5-10-30(3)12-13-31)29-25(23(21)15-27)33-17-20-8-6-19(7-9-20)16-28-18(2)32/h6-9H,4-5,10-13,16-17H2,1-3H3,(H,28,32). The smallest absolute Gasteiger partial charge is 0.217 e. The molecule has 7 nitrogen and oxygen atoms in total. The highest BCUT2D eigenvalue weighted by Crippen LogP contribution is 2.33. The van der Waals surface area contributed by atoms with Crippen LogP contribution < -0.4 is 10.2 Å². The summed E-state index contributed by atoms with van der Waals surface area (Å²) in [5, 5.41) is 23.3. The Kier molecular flexibility index (Phi) is 8.71. The molecule has 33 heavy (non-hydrogen) atoms. The quantitative estimate of drug-likeness (QED) is 0.630. The van der Waals surface area contributed by atoms with Gasteiger partial charge in [-0.15, -0.1) is 11.8 Å². The summed E-state index contributed by atoms with van der Waals surface area (Å²) in [6.45, 7) is 7.60. The van der Waals surface area contributed by atoms with Crippen molar-refractivity contribution < 1.29 is 4.79 Å². The average Bonchev–Trinajstić information content (AvgIpc) is 3.05. The van der Waals surface area contributed by atoms with Crippen LogP contribution in [0.2, 0.25) is 0 Å². The highest BCUT2D eigenvalue weighted by atomic mass is 32.2. The number of nitrogens with zero attached hydrogens (tertiary/aromatic N) is 5. The van der Waals surface area contributed by atoms with Crippen molar-refractivity contribution in [2.75, 3.05) is 38.1 Å². The molecule has 0 unspecified atom stereocenters. The van der Waals surface area contributed by atoms with E-state index in [0.717, 1.165) is 49.3 Å². The van der Waals surface area contributed by atoms with Crippen LogP contribution in [-0.4, -0.2) is 49.0 Å². The molecule has 2 aromatic rings. The molecule has 0 radical (unpaired) electrons. The second kappa shape index (κ2) is 11.7. The molecular weight excluding hydrogens is 432 g/mol. The number of anilines is 1. The maximum Gasteiger partial charge on any atom is 0.217 e. The molecule has 0 spiro atoms. The number of amides is 1. The zero-order valence-electron chi connectivity index (χ0n) is 19.5. The number of hydrogen-bond donors (Lipinski definition) is 1. The lowest BCUT2D eigenvalue weighted by atomic mass is 10.0. The van der Waals surface area contributed by atoms with Gasteiger partial charge in [0.2, 0.25) is 5.91 Å². The number of carbonyl (C=O) groups excluding carboxylic acids is 1. The number of pyridine rings is 1. The van der Waals surface area contributed by atoms with E-state index < -0.39 is 0 Å². The van der Waals surface area contributed by atoms with Gasteiger partial charge in [-0.05, 0) is 43.1 Å². The van der Waals surface area contributed by atoms with Gasteiger partial charge in [-0.25, -0.2) is 4.98 Å². The van der Waals surface area contributed by atoms with E-state index in [-0.39, 0.29) is 5.91 Å². The minimum Gasteiger partial charge on any atom is -0.354 e. The van der Waals surface area contributed by atoms with Crippen molar-refractivity contribution in [1.82, 2.24) is 15.2 Å². The van der Waals surface area contributed by atoms with Crippen molar-refractivity contribution in [2.24, 2.45) is 0 Å². The lowest BCUT2D eigenvalue weighted by molar-refractivity contribution is -0.119. The van der Waals surface area contributed by atoms with E-state index in [1.165, 1.54) is 18.7 Å². The molecule has 1 amide bonds. The first-order chi connectivity index (χ1) is 16.0. The molecular formula is C25H30N6OS. The van der Waals surface area contributed by atoms with Crippen LogP contribution in [0.3, 0.4) is 0 Å². The number of rotatable bonds is 7. The summed E-state index contributed by atoms with van der Waals surface area (Å²) < 4.78 is 0. The first-order valence-electron chi connectivity index (χ1n) is 11.2. The molecule has 3 rings (SSSR count). The van der Waals surface area contributed by atoms with Crippen LogP contribution in [0.5, 0.6) is 0 Å². The highest BCUT2D eigenvalue weighted by molar-refractivity contribution is 7.98. The van der Waals surface area contributed by atoms with Crippen LogP contribution in [0.1, 0.15) is 48.1 Å². The Bertz CT molecular complexity index is 1070. The third kappa shape index (κ3) is 6.25. The fourth-order valence-electron chi connectivity index (χ4n) is 3.91. The number of nitrogens with one attached hydrogen (secondary N) is 1. The number of thioether (sulfide) groups is 1. The average molecular weight is 463 g/mol. The van der Waals surface area contributed by atoms with Gasteiger partial charge in [0, 0.05) is 38.9 Å². The largest absolute Gasteiger partial charge is 0.354 e. The van der Waals surface area contributed by atoms with Crippen molar-refractivity contribution >= 4 is 23.5 Å². The van der Waals surface area contributed by atoms with Crippen LogP contribution in [0.25, 0.3) is 0 Å². The molecule has 2 heterocycles. The Hall–Kier alpha value is -3.07. The zero-order valence-corrected chi connectivity index (χ0v) is 20.3. The number of carbonyl (C=O) groups is 1. The van der Waals surface area contributed by atoms with Gasteiger partial charge in [0.25, 0.3) is 0 Å². The summed E-state index contributed by atoms with van der Waals surface area (Å²) in [6.07, 6.45) is 1.62. The number of aromatic nitrogens is 1. The molecule has 0 atom stereocenters. The molecule has 0 saturated carbocycles. The van der Waals surface area contributed by atoms with Crippen LogP contribution in [0, 0.1) is 22.7 Å². The fourth-order valence-corrected chi connectivity index (χ4v) is 4.87. The Morgan fingerprint density at radius 1 is 1.09 bits per heavy atom. The van der Waals surface area contributed by atoms with Crippen LogP contribution in [0.4, 0.5) is 5.82 Å². The third-order valence-electron chi connectivity index (χ3n) is 5.78. The van der Waals surface area contributed by atoms with Gasteiger partial charge in [-0.3, -0.25) is 4.79 Å². The van der Waals surface area contributed by atoms with E-state index in [1.54, 1.807) is 0 Å². The Morgan fingerprint density at radius 2 is 1.79 bits per heavy atom. The van der Waals surface area contributed by atoms with Crippen LogP contribution in [-0.2, 0) is 23.5 Å². The van der Waals surface area contributed by atoms with Gasteiger partial charge in [-0.2, -0.15) is 10.5 Å². The topological polar surface area (TPSA) is 96.0 Å². The van der Waals surface area contributed by atoms with E-state index in [9.17, 15) is 15.3 Å². The third-order valence-corrected chi connectivity index (χ3v) is 6.83. The molecule has 1 aromatic carbocycles. The normalized spacial score (nSPS) is 14.3. The molecule has 1 saturated heterocycles. The molecule has 1 aliphatic heterocycles. The predicted octanol–water partition coefficient (Wildman–Crippen LogP) is 3.46. The second-order valence-electron chi connectivity index (χ2n) is 8.21. The van der Waals surface area contributed by atoms with Crippen LogP contribution >= 0.6 is 11.8 Å². The first kappa shape index (κ1) is 24.6. The summed E-state index contributed by atoms with van der Waals surface area (Å²) in [7, 11) is 2.11. The molecule has 0 bridgehead atoms. The Morgan fingerprint density at radius 3 is 2.42 bits per heavy atom. The number of hydrogen-bond acceptors (Lipinski definition) is 7. The fraction of sp³-hybridized carbons (Fsp3) is 0.440. The lowest BCUT2D eigenvalue weighted by Crippen LogP contribution is -2.30. The summed E-state index contributed by atoms with van der Waals surface area (Å²) in [6, 6.07) is 12.7. The maximum atomic E-state index is 11.1. The summed E-state index contributed by atoms with van der Waals surface area (Å²) in [5.41, 5.74) is 3.98. The van der Waals surface area contributed by atoms with Crippen molar-refractivity contribution in [3.05, 3.63) is 52.1 Å². The van der Waals surface area contributed by atoms with Gasteiger partial charge >= 0.3 is 0 Å². The minimum absolute atomic E-state index is 0.0517. The summed E-state index contributed by atoms with van der Waals surface area (Å²) >= 11 is 1.53. The number of likely N-dealkylation sites (N-methyl/N-ethyl adjacent to an activating group) is 1. The van der Waals surface area contributed by atoms with Gasteiger partial charge in [0.15, 0.2) is 0 Å². The van der Waals surface area contributed by atoms with Gasteiger partial charge < -0.3 is 15.1 Å². The van der Waals surface area contributed by atoms with E-state index in [2.05, 4.69) is 34.3 Å². The summed E-state index contributed by atoms with van der Waals surface area (Å²) in [5.74, 6) is 1.32. The van der Waals surface area contributed by atoms with Crippen molar-refractivity contribution in [2.45, 2.75) is 44.0 Å². The van der Waals surface area contributed by atoms with Crippen LogP contribution in [0.15, 0.2) is 29.3 Å². The highest BCUT2D eigenvalue weighted by Gasteiger charge is 2.24. The van der Waals surface area contributed by atoms with Crippen molar-refractivity contribution in [3.8, 4) is 12.1 Å². The molecule has 1 N–H and O–H groups in total. The van der Waals surface area contributed by atoms with E-state index in [4.69, 9.17) is 4.98 Å². The Balaban J connectivity index is 1.87. The van der Waals surface area contributed by atoms with E-state index >= 15 is 0 Å². The van der Waals surface area contributed by atoms with Gasteiger partial charge in [0.1, 0.15) is 23.0 Å². The molecule has 1 aromatic heterocycles. The maximum absolute atomic E-state index is 11.1. The van der Waals surface area contributed by atoms with Crippen molar-refractivity contribution in [1.29, 1.82) is 10.5 Å². The molecule has 1 fully saturated rings. The molecule has 1 aliphatic rings. The lowest BCUT2D eigenvalue weighted by Gasteiger charge is -2.25. The number of benzene rings is 1. The Labute approximate surface area is 200 Å². The second-order valence-corrected chi connectivity index (χ2v) is 9.17. The van der Waals surface area contributed by atoms with Gasteiger partial charge in [0.05, 0.1) is 11.1 Å². The zero-order chi connectivity index (χ0) is 23.8. The number of nitriles is 2. The van der Waals surface area contributed by atoms with E-state index in [1.807, 2.05) is 31.2 Å². The first-order valence-corrected chi connectivity index (χ1v) is 12.2. The van der Waals surface area contributed by atoms with Crippen molar-refractivity contribution in [3.63, 3.8) is 0 Å². The van der Waals surface area contributed by atoms with Gasteiger partial charge in [-0.1, -0.05) is 31.2 Å². The minimum atomic E-state index is -0.0517. The van der Waals surface area contributed by atoms with E-state index in [0.29, 0.717) is 40.7 Å². The summed E-state index contributed by atoms with van der Waals surface area (Å²) in [4.78, 5) is 20.5.